The van der Waals surface area contributed by atoms with Crippen LogP contribution in [0.5, 0.6) is 23.0 Å². The Bertz CT molecular complexity index is 991. The maximum atomic E-state index is 12.4. The van der Waals surface area contributed by atoms with E-state index in [2.05, 4.69) is 10.0 Å². The topological polar surface area (TPSA) is 112 Å². The average molecular weight is 392 g/mol. The molecule has 0 spiro atoms. The van der Waals surface area contributed by atoms with Gasteiger partial charge in [-0.25, -0.2) is 13.1 Å². The number of ether oxygens (including phenoxy) is 4. The summed E-state index contributed by atoms with van der Waals surface area (Å²) in [4.78, 5) is 12.1. The second-order valence-corrected chi connectivity index (χ2v) is 7.51. The monoisotopic (exact) mass is 392 g/mol. The molecule has 2 N–H and O–H groups in total. The Morgan fingerprint density at radius 3 is 2.41 bits per heavy atom. The second-order valence-electron chi connectivity index (χ2n) is 5.75. The zero-order valence-corrected chi connectivity index (χ0v) is 14.9. The Balaban J connectivity index is 1.38. The van der Waals surface area contributed by atoms with Crippen molar-refractivity contribution < 1.29 is 32.2 Å². The van der Waals surface area contributed by atoms with Crippen LogP contribution >= 0.6 is 0 Å². The fraction of sp³-hybridized carbons (Fsp3) is 0.235. The number of carbonyl (C=O) groups is 1. The van der Waals surface area contributed by atoms with Crippen molar-refractivity contribution in [1.29, 1.82) is 0 Å². The first-order valence-corrected chi connectivity index (χ1v) is 9.58. The summed E-state index contributed by atoms with van der Waals surface area (Å²) in [7, 11) is -3.87. The summed E-state index contributed by atoms with van der Waals surface area (Å²) < 4.78 is 48.1. The van der Waals surface area contributed by atoms with E-state index in [-0.39, 0.29) is 11.7 Å². The molecule has 0 saturated heterocycles. The molecule has 2 aliphatic heterocycles. The van der Waals surface area contributed by atoms with Crippen LogP contribution in [0.4, 0.5) is 5.69 Å². The van der Waals surface area contributed by atoms with Gasteiger partial charge >= 0.3 is 0 Å². The van der Waals surface area contributed by atoms with Gasteiger partial charge < -0.3 is 24.3 Å². The summed E-state index contributed by atoms with van der Waals surface area (Å²) in [5.41, 5.74) is 0.478. The van der Waals surface area contributed by atoms with Gasteiger partial charge in [0, 0.05) is 17.8 Å². The van der Waals surface area contributed by atoms with Gasteiger partial charge in [-0.1, -0.05) is 0 Å². The highest BCUT2D eigenvalue weighted by molar-refractivity contribution is 7.89. The summed E-state index contributed by atoms with van der Waals surface area (Å²) in [6, 6.07) is 9.20. The van der Waals surface area contributed by atoms with Crippen molar-refractivity contribution in [1.82, 2.24) is 4.72 Å². The first kappa shape index (κ1) is 17.4. The van der Waals surface area contributed by atoms with E-state index >= 15 is 0 Å². The van der Waals surface area contributed by atoms with Crippen molar-refractivity contribution in [2.75, 3.05) is 31.9 Å². The quantitative estimate of drug-likeness (QED) is 0.784. The number of fused-ring (bicyclic) bond motifs is 2. The molecule has 0 aliphatic carbocycles. The summed E-state index contributed by atoms with van der Waals surface area (Å²) in [5.74, 6) is 1.43. The lowest BCUT2D eigenvalue weighted by Crippen LogP contribution is -2.32. The normalized spacial score (nSPS) is 14.7. The molecular weight excluding hydrogens is 376 g/mol. The van der Waals surface area contributed by atoms with Crippen LogP contribution in [0.2, 0.25) is 0 Å². The fourth-order valence-electron chi connectivity index (χ4n) is 2.61. The molecule has 0 atom stereocenters. The van der Waals surface area contributed by atoms with E-state index in [1.165, 1.54) is 18.2 Å². The van der Waals surface area contributed by atoms with E-state index in [0.29, 0.717) is 41.9 Å². The van der Waals surface area contributed by atoms with Gasteiger partial charge in [0.1, 0.15) is 13.2 Å². The predicted octanol–water partition coefficient (Wildman–Crippen LogP) is 1.10. The fourth-order valence-corrected chi connectivity index (χ4v) is 3.61. The number of hydrogen-bond donors (Lipinski definition) is 2. The minimum Gasteiger partial charge on any atom is -0.486 e. The number of anilines is 1. The molecular formula is C17H16N2O7S. The maximum Gasteiger partial charge on any atom is 0.241 e. The van der Waals surface area contributed by atoms with Crippen molar-refractivity contribution in [3.63, 3.8) is 0 Å². The number of amides is 1. The van der Waals surface area contributed by atoms with Crippen LogP contribution in [-0.2, 0) is 14.8 Å². The standard InChI is InChI=1S/C17H16N2O7S/c20-17(19-11-1-3-13-15(7-11)24-6-5-23-13)9-18-27(21,22)12-2-4-14-16(8-12)26-10-25-14/h1-4,7-8,18H,5-6,9-10H2,(H,19,20). The van der Waals surface area contributed by atoms with Crippen LogP contribution < -0.4 is 29.0 Å². The average Bonchev–Trinajstić information content (AvgIpc) is 3.14. The van der Waals surface area contributed by atoms with Crippen molar-refractivity contribution in [3.8, 4) is 23.0 Å². The number of nitrogens with one attached hydrogen (secondary N) is 2. The van der Waals surface area contributed by atoms with Gasteiger partial charge in [-0.15, -0.1) is 0 Å². The third-order valence-electron chi connectivity index (χ3n) is 3.90. The van der Waals surface area contributed by atoms with Crippen molar-refractivity contribution >= 4 is 21.6 Å². The van der Waals surface area contributed by atoms with Crippen LogP contribution in [0.25, 0.3) is 0 Å². The highest BCUT2D eigenvalue weighted by Gasteiger charge is 2.21. The molecule has 2 aromatic rings. The molecule has 142 valence electrons. The highest BCUT2D eigenvalue weighted by atomic mass is 32.2. The first-order valence-electron chi connectivity index (χ1n) is 8.10. The largest absolute Gasteiger partial charge is 0.486 e. The summed E-state index contributed by atoms with van der Waals surface area (Å²) >= 11 is 0. The van der Waals surface area contributed by atoms with Gasteiger partial charge in [-0.05, 0) is 24.3 Å². The van der Waals surface area contributed by atoms with Crippen LogP contribution in [0.1, 0.15) is 0 Å². The molecule has 2 heterocycles. The Morgan fingerprint density at radius 1 is 0.889 bits per heavy atom. The molecule has 0 radical (unpaired) electrons. The predicted molar refractivity (Wildman–Crippen MR) is 93.8 cm³/mol. The van der Waals surface area contributed by atoms with E-state index in [4.69, 9.17) is 18.9 Å². The van der Waals surface area contributed by atoms with Crippen molar-refractivity contribution in [3.05, 3.63) is 36.4 Å². The number of carbonyl (C=O) groups excluding carboxylic acids is 1. The minimum atomic E-state index is -3.87. The number of benzene rings is 2. The molecule has 2 aromatic carbocycles. The smallest absolute Gasteiger partial charge is 0.241 e. The Morgan fingerprint density at radius 2 is 1.56 bits per heavy atom. The van der Waals surface area contributed by atoms with Crippen LogP contribution in [0.3, 0.4) is 0 Å². The van der Waals surface area contributed by atoms with Gasteiger partial charge in [0.2, 0.25) is 22.7 Å². The Hall–Kier alpha value is -2.98. The Labute approximate surface area is 155 Å². The Kier molecular flexibility index (Phi) is 4.50. The molecule has 1 amide bonds. The lowest BCUT2D eigenvalue weighted by Gasteiger charge is -2.19. The lowest BCUT2D eigenvalue weighted by molar-refractivity contribution is -0.115. The molecule has 2 aliphatic rings. The van der Waals surface area contributed by atoms with E-state index in [9.17, 15) is 13.2 Å². The lowest BCUT2D eigenvalue weighted by atomic mass is 10.2. The summed E-state index contributed by atoms with van der Waals surface area (Å²) in [6.07, 6.45) is 0. The first-order chi connectivity index (χ1) is 13.0. The van der Waals surface area contributed by atoms with Crippen LogP contribution in [-0.4, -0.2) is 40.9 Å². The molecule has 27 heavy (non-hydrogen) atoms. The molecule has 9 nitrogen and oxygen atoms in total. The zero-order valence-electron chi connectivity index (χ0n) is 14.1. The highest BCUT2D eigenvalue weighted by Crippen LogP contribution is 2.34. The van der Waals surface area contributed by atoms with Gasteiger partial charge in [-0.2, -0.15) is 0 Å². The molecule has 0 saturated carbocycles. The molecule has 10 heteroatoms. The van der Waals surface area contributed by atoms with Gasteiger partial charge in [0.05, 0.1) is 11.4 Å². The third-order valence-corrected chi connectivity index (χ3v) is 5.30. The summed E-state index contributed by atoms with van der Waals surface area (Å²) in [6.45, 7) is 0.523. The third kappa shape index (κ3) is 3.76. The van der Waals surface area contributed by atoms with Crippen LogP contribution in [0.15, 0.2) is 41.3 Å². The van der Waals surface area contributed by atoms with E-state index in [0.717, 1.165) is 0 Å². The number of hydrogen-bond acceptors (Lipinski definition) is 7. The maximum absolute atomic E-state index is 12.4. The van der Waals surface area contributed by atoms with Gasteiger partial charge in [0.15, 0.2) is 23.0 Å². The molecule has 0 bridgehead atoms. The van der Waals surface area contributed by atoms with Gasteiger partial charge in [0.25, 0.3) is 0 Å². The molecule has 4 rings (SSSR count). The van der Waals surface area contributed by atoms with Crippen molar-refractivity contribution in [2.24, 2.45) is 0 Å². The number of sulfonamides is 1. The van der Waals surface area contributed by atoms with Crippen LogP contribution in [0, 0.1) is 0 Å². The molecule has 0 fully saturated rings. The minimum absolute atomic E-state index is 0.0149. The van der Waals surface area contributed by atoms with Crippen molar-refractivity contribution in [2.45, 2.75) is 4.90 Å². The van der Waals surface area contributed by atoms with E-state index in [1.807, 2.05) is 0 Å². The summed E-state index contributed by atoms with van der Waals surface area (Å²) in [5, 5.41) is 2.61. The van der Waals surface area contributed by atoms with Gasteiger partial charge in [-0.3, -0.25) is 4.79 Å². The SMILES string of the molecule is O=C(CNS(=O)(=O)c1ccc2c(c1)OCO2)Nc1ccc2c(c1)OCCO2. The second kappa shape index (κ2) is 6.97. The van der Waals surface area contributed by atoms with E-state index in [1.54, 1.807) is 18.2 Å². The number of rotatable bonds is 5. The van der Waals surface area contributed by atoms with E-state index < -0.39 is 22.5 Å². The molecule has 0 aromatic heterocycles. The zero-order chi connectivity index (χ0) is 18.9. The molecule has 0 unspecified atom stereocenters.